The zero-order valence-electron chi connectivity index (χ0n) is 13.4. The topological polar surface area (TPSA) is 83.0 Å². The molecular formula is C16H19ClN4O2S. The molecule has 128 valence electrons. The van der Waals surface area contributed by atoms with Crippen molar-refractivity contribution in [3.05, 3.63) is 34.6 Å². The molecule has 0 bridgehead atoms. The van der Waals surface area contributed by atoms with Gasteiger partial charge in [-0.05, 0) is 31.0 Å². The smallest absolute Gasteiger partial charge is 0.219 e. The van der Waals surface area contributed by atoms with Gasteiger partial charge in [-0.1, -0.05) is 23.4 Å². The van der Waals surface area contributed by atoms with Gasteiger partial charge in [0.15, 0.2) is 5.16 Å². The third-order valence-electron chi connectivity index (χ3n) is 3.87. The molecule has 1 fully saturated rings. The Morgan fingerprint density at radius 1 is 1.46 bits per heavy atom. The Bertz CT molecular complexity index is 746. The average molecular weight is 367 g/mol. The first kappa shape index (κ1) is 17.1. The molecule has 1 amide bonds. The van der Waals surface area contributed by atoms with Gasteiger partial charge in [-0.15, -0.1) is 10.2 Å². The number of thioether (sulfide) groups is 1. The number of primary amides is 1. The molecule has 1 heterocycles. The van der Waals surface area contributed by atoms with Gasteiger partial charge in [-0.25, -0.2) is 0 Å². The van der Waals surface area contributed by atoms with Crippen molar-refractivity contribution in [2.75, 3.05) is 7.11 Å². The Kier molecular flexibility index (Phi) is 5.30. The van der Waals surface area contributed by atoms with Crippen molar-refractivity contribution >= 4 is 29.3 Å². The summed E-state index contributed by atoms with van der Waals surface area (Å²) in [7, 11) is 1.64. The van der Waals surface area contributed by atoms with E-state index < -0.39 is 0 Å². The molecule has 1 aliphatic rings. The molecule has 0 spiro atoms. The van der Waals surface area contributed by atoms with E-state index in [-0.39, 0.29) is 12.3 Å². The first-order chi connectivity index (χ1) is 11.6. The number of hydrogen-bond acceptors (Lipinski definition) is 5. The molecule has 0 atom stereocenters. The predicted octanol–water partition coefficient (Wildman–Crippen LogP) is 2.99. The number of carbonyl (C=O) groups excluding carboxylic acids is 1. The van der Waals surface area contributed by atoms with Crippen molar-refractivity contribution in [2.24, 2.45) is 5.73 Å². The summed E-state index contributed by atoms with van der Waals surface area (Å²) >= 11 is 7.63. The molecular weight excluding hydrogens is 348 g/mol. The number of amides is 1. The summed E-state index contributed by atoms with van der Waals surface area (Å²) in [6, 6.07) is 5.54. The number of nitrogens with two attached hydrogens (primary N) is 1. The van der Waals surface area contributed by atoms with Crippen LogP contribution in [0.2, 0.25) is 5.02 Å². The fourth-order valence-electron chi connectivity index (χ4n) is 2.48. The van der Waals surface area contributed by atoms with Crippen LogP contribution in [-0.4, -0.2) is 27.8 Å². The summed E-state index contributed by atoms with van der Waals surface area (Å²) < 4.78 is 7.39. The van der Waals surface area contributed by atoms with Crippen LogP contribution in [0.1, 0.15) is 36.6 Å². The molecule has 3 rings (SSSR count). The number of hydrogen-bond donors (Lipinski definition) is 1. The van der Waals surface area contributed by atoms with Crippen LogP contribution in [0.3, 0.4) is 0 Å². The minimum atomic E-state index is -0.321. The summed E-state index contributed by atoms with van der Waals surface area (Å²) in [6.45, 7) is 0.517. The van der Waals surface area contributed by atoms with Crippen molar-refractivity contribution in [1.29, 1.82) is 0 Å². The number of benzene rings is 1. The van der Waals surface area contributed by atoms with Crippen molar-refractivity contribution in [3.63, 3.8) is 0 Å². The molecule has 8 heteroatoms. The third-order valence-corrected chi connectivity index (χ3v) is 5.12. The third kappa shape index (κ3) is 4.02. The average Bonchev–Trinajstić information content (AvgIpc) is 3.32. The second kappa shape index (κ2) is 7.44. The van der Waals surface area contributed by atoms with Crippen LogP contribution in [0, 0.1) is 0 Å². The predicted molar refractivity (Wildman–Crippen MR) is 93.4 cm³/mol. The van der Waals surface area contributed by atoms with E-state index in [0.717, 1.165) is 35.1 Å². The van der Waals surface area contributed by atoms with Crippen LogP contribution in [-0.2, 0) is 17.1 Å². The number of halogens is 1. The quantitative estimate of drug-likeness (QED) is 0.726. The number of aromatic nitrogens is 3. The van der Waals surface area contributed by atoms with E-state index in [1.54, 1.807) is 24.9 Å². The van der Waals surface area contributed by atoms with E-state index in [9.17, 15) is 4.79 Å². The van der Waals surface area contributed by atoms with Crippen molar-refractivity contribution in [3.8, 4) is 5.75 Å². The van der Waals surface area contributed by atoms with Gasteiger partial charge >= 0.3 is 0 Å². The van der Waals surface area contributed by atoms with Gasteiger partial charge < -0.3 is 15.0 Å². The van der Waals surface area contributed by atoms with Crippen LogP contribution in [0.5, 0.6) is 5.75 Å². The van der Waals surface area contributed by atoms with E-state index in [2.05, 4.69) is 10.2 Å². The Morgan fingerprint density at radius 3 is 2.92 bits per heavy atom. The van der Waals surface area contributed by atoms with Gasteiger partial charge in [0.2, 0.25) is 5.91 Å². The van der Waals surface area contributed by atoms with Gasteiger partial charge in [0.05, 0.1) is 7.11 Å². The van der Waals surface area contributed by atoms with Crippen molar-refractivity contribution in [1.82, 2.24) is 14.8 Å². The van der Waals surface area contributed by atoms with Gasteiger partial charge in [-0.3, -0.25) is 4.79 Å². The van der Waals surface area contributed by atoms with Gasteiger partial charge in [0, 0.05) is 35.2 Å². The maximum absolute atomic E-state index is 11.1. The molecule has 0 radical (unpaired) electrons. The first-order valence-corrected chi connectivity index (χ1v) is 9.11. The highest BCUT2D eigenvalue weighted by Crippen LogP contribution is 2.40. The lowest BCUT2D eigenvalue weighted by Gasteiger charge is -2.10. The number of rotatable bonds is 8. The van der Waals surface area contributed by atoms with Gasteiger partial charge in [-0.2, -0.15) is 0 Å². The molecule has 6 nitrogen and oxygen atoms in total. The summed E-state index contributed by atoms with van der Waals surface area (Å²) in [4.78, 5) is 11.1. The van der Waals surface area contributed by atoms with Gasteiger partial charge in [0.1, 0.15) is 11.6 Å². The Hall–Kier alpha value is -1.73. The van der Waals surface area contributed by atoms with Crippen LogP contribution in [0.25, 0.3) is 0 Å². The van der Waals surface area contributed by atoms with E-state index >= 15 is 0 Å². The normalized spacial score (nSPS) is 13.9. The minimum Gasteiger partial charge on any atom is -0.496 e. The van der Waals surface area contributed by atoms with E-state index in [1.807, 2.05) is 16.7 Å². The molecule has 1 aliphatic carbocycles. The Balaban J connectivity index is 1.77. The zero-order chi connectivity index (χ0) is 17.1. The number of ether oxygens (including phenoxy) is 1. The molecule has 0 saturated heterocycles. The molecule has 0 unspecified atom stereocenters. The van der Waals surface area contributed by atoms with Gasteiger partial charge in [0.25, 0.3) is 0 Å². The molecule has 1 aromatic heterocycles. The summed E-state index contributed by atoms with van der Waals surface area (Å²) in [5.41, 5.74) is 6.28. The summed E-state index contributed by atoms with van der Waals surface area (Å²) in [6.07, 6.45) is 2.54. The summed E-state index contributed by atoms with van der Waals surface area (Å²) in [5, 5.41) is 10.1. The minimum absolute atomic E-state index is 0.284. The summed E-state index contributed by atoms with van der Waals surface area (Å²) in [5.74, 6) is 2.54. The molecule has 2 N–H and O–H groups in total. The Morgan fingerprint density at radius 2 is 2.25 bits per heavy atom. The van der Waals surface area contributed by atoms with Crippen LogP contribution in [0.15, 0.2) is 23.4 Å². The molecule has 1 aromatic carbocycles. The maximum atomic E-state index is 11.1. The standard InChI is InChI=1S/C16H19ClN4O2S/c1-23-13-5-4-12(17)8-11(13)9-24-16-20-19-15(10-2-3-10)21(16)7-6-14(18)22/h4-5,8,10H,2-3,6-7,9H2,1H3,(H2,18,22). The maximum Gasteiger partial charge on any atom is 0.219 e. The Labute approximate surface area is 149 Å². The first-order valence-electron chi connectivity index (χ1n) is 7.75. The number of carbonyl (C=O) groups is 1. The monoisotopic (exact) mass is 366 g/mol. The SMILES string of the molecule is COc1ccc(Cl)cc1CSc1nnc(C2CC2)n1CCC(N)=O. The lowest BCUT2D eigenvalue weighted by Crippen LogP contribution is -2.15. The largest absolute Gasteiger partial charge is 0.496 e. The lowest BCUT2D eigenvalue weighted by atomic mass is 10.2. The molecule has 1 saturated carbocycles. The number of methoxy groups -OCH3 is 1. The van der Waals surface area contributed by atoms with Crippen LogP contribution >= 0.6 is 23.4 Å². The fourth-order valence-corrected chi connectivity index (χ4v) is 3.63. The molecule has 2 aromatic rings. The highest BCUT2D eigenvalue weighted by atomic mass is 35.5. The van der Waals surface area contributed by atoms with Crippen molar-refractivity contribution in [2.45, 2.75) is 42.6 Å². The zero-order valence-corrected chi connectivity index (χ0v) is 14.9. The van der Waals surface area contributed by atoms with E-state index in [4.69, 9.17) is 22.1 Å². The van der Waals surface area contributed by atoms with Crippen LogP contribution in [0.4, 0.5) is 0 Å². The molecule has 24 heavy (non-hydrogen) atoms. The second-order valence-corrected chi connectivity index (χ2v) is 7.11. The number of nitrogens with zero attached hydrogens (tertiary/aromatic N) is 3. The lowest BCUT2D eigenvalue weighted by molar-refractivity contribution is -0.118. The van der Waals surface area contributed by atoms with E-state index in [0.29, 0.717) is 23.2 Å². The highest BCUT2D eigenvalue weighted by molar-refractivity contribution is 7.98. The van der Waals surface area contributed by atoms with Crippen molar-refractivity contribution < 1.29 is 9.53 Å². The molecule has 0 aliphatic heterocycles. The van der Waals surface area contributed by atoms with E-state index in [1.165, 1.54) is 0 Å². The fraction of sp³-hybridized carbons (Fsp3) is 0.438. The highest BCUT2D eigenvalue weighted by Gasteiger charge is 2.30. The van der Waals surface area contributed by atoms with Crippen LogP contribution < -0.4 is 10.5 Å². The second-order valence-electron chi connectivity index (χ2n) is 5.73.